The molecule has 0 fully saturated rings. The fourth-order valence-corrected chi connectivity index (χ4v) is 4.34. The van der Waals surface area contributed by atoms with Crippen LogP contribution in [0.1, 0.15) is 43.9 Å². The number of aryl methyl sites for hydroxylation is 1. The van der Waals surface area contributed by atoms with Crippen molar-refractivity contribution in [2.75, 3.05) is 14.2 Å². The average Bonchev–Trinajstić information content (AvgIpc) is 3.04. The van der Waals surface area contributed by atoms with E-state index in [4.69, 9.17) is 13.9 Å². The van der Waals surface area contributed by atoms with Crippen molar-refractivity contribution in [1.82, 2.24) is 0 Å². The van der Waals surface area contributed by atoms with E-state index in [1.165, 1.54) is 16.7 Å². The molecular weight excluding hydrogens is 364 g/mol. The average molecular weight is 397 g/mol. The summed E-state index contributed by atoms with van der Waals surface area (Å²) >= 11 is 0. The predicted molar refractivity (Wildman–Crippen MR) is 120 cm³/mol. The molecule has 4 heteroatoms. The minimum absolute atomic E-state index is 0.165. The first-order chi connectivity index (χ1) is 13.1. The molecule has 0 bridgehead atoms. The molecule has 0 radical (unpaired) electrons. The lowest BCUT2D eigenvalue weighted by Gasteiger charge is -2.37. The quantitative estimate of drug-likeness (QED) is 0.535. The second-order valence-electron chi connectivity index (χ2n) is 8.97. The van der Waals surface area contributed by atoms with Gasteiger partial charge in [-0.1, -0.05) is 39.0 Å². The molecule has 0 saturated carbocycles. The zero-order valence-corrected chi connectivity index (χ0v) is 19.2. The number of hydrogen-bond donors (Lipinski definition) is 0. The van der Waals surface area contributed by atoms with Crippen molar-refractivity contribution in [2.45, 2.75) is 51.7 Å². The summed E-state index contributed by atoms with van der Waals surface area (Å²) in [4.78, 5) is 0. The molecule has 0 amide bonds. The number of hydrogen-bond acceptors (Lipinski definition) is 3. The van der Waals surface area contributed by atoms with Gasteiger partial charge < -0.3 is 13.9 Å². The summed E-state index contributed by atoms with van der Waals surface area (Å²) in [6, 6.07) is 12.5. The normalized spacial score (nSPS) is 15.5. The molecule has 0 saturated heterocycles. The van der Waals surface area contributed by atoms with Crippen LogP contribution in [0.3, 0.4) is 0 Å². The van der Waals surface area contributed by atoms with Gasteiger partial charge in [-0.05, 0) is 65.9 Å². The zero-order valence-electron chi connectivity index (χ0n) is 18.2. The predicted octanol–water partition coefficient (Wildman–Crippen LogP) is 6.57. The molecule has 150 valence electrons. The van der Waals surface area contributed by atoms with Gasteiger partial charge in [-0.3, -0.25) is 0 Å². The highest BCUT2D eigenvalue weighted by atomic mass is 28.4. The molecule has 0 heterocycles. The largest absolute Gasteiger partial charge is 0.543 e. The minimum Gasteiger partial charge on any atom is -0.543 e. The van der Waals surface area contributed by atoms with Crippen LogP contribution < -0.4 is 13.9 Å². The molecule has 3 rings (SSSR count). The lowest BCUT2D eigenvalue weighted by Crippen LogP contribution is -2.44. The number of ether oxygens (including phenoxy) is 2. The van der Waals surface area contributed by atoms with Crippen molar-refractivity contribution in [3.05, 3.63) is 53.1 Å². The van der Waals surface area contributed by atoms with Gasteiger partial charge in [0.15, 0.2) is 0 Å². The Kier molecular flexibility index (Phi) is 5.62. The maximum absolute atomic E-state index is 6.72. The molecule has 28 heavy (non-hydrogen) atoms. The van der Waals surface area contributed by atoms with E-state index < -0.39 is 8.32 Å². The Morgan fingerprint density at radius 1 is 0.929 bits per heavy atom. The molecule has 0 unspecified atom stereocenters. The summed E-state index contributed by atoms with van der Waals surface area (Å²) in [5.74, 6) is 2.63. The molecule has 2 aromatic rings. The van der Waals surface area contributed by atoms with Crippen LogP contribution in [0.4, 0.5) is 0 Å². The summed E-state index contributed by atoms with van der Waals surface area (Å²) < 4.78 is 17.6. The third-order valence-electron chi connectivity index (χ3n) is 5.98. The van der Waals surface area contributed by atoms with Crippen LogP contribution in [0.15, 0.2) is 36.4 Å². The molecule has 1 aliphatic rings. The van der Waals surface area contributed by atoms with Gasteiger partial charge in [-0.2, -0.15) is 0 Å². The van der Waals surface area contributed by atoms with E-state index in [-0.39, 0.29) is 5.04 Å². The highest BCUT2D eigenvalue weighted by Gasteiger charge is 2.39. The SMILES string of the molecule is COc1cc(C=C2CCc3cccc(O[Si](C)(C)C(C)(C)C)c32)cc(OC)c1. The number of allylic oxidation sites excluding steroid dienone is 1. The maximum Gasteiger partial charge on any atom is 0.250 e. The Hall–Kier alpha value is -2.20. The highest BCUT2D eigenvalue weighted by Crippen LogP contribution is 2.44. The Morgan fingerprint density at radius 3 is 2.14 bits per heavy atom. The zero-order chi connectivity index (χ0) is 20.5. The van der Waals surface area contributed by atoms with Crippen molar-refractivity contribution >= 4 is 20.0 Å². The first-order valence-electron chi connectivity index (χ1n) is 9.89. The smallest absolute Gasteiger partial charge is 0.250 e. The van der Waals surface area contributed by atoms with Gasteiger partial charge in [-0.25, -0.2) is 0 Å². The Labute approximate surface area is 170 Å². The van der Waals surface area contributed by atoms with Crippen molar-refractivity contribution < 1.29 is 13.9 Å². The maximum atomic E-state index is 6.72. The topological polar surface area (TPSA) is 27.7 Å². The van der Waals surface area contributed by atoms with E-state index in [1.807, 2.05) is 18.2 Å². The van der Waals surface area contributed by atoms with Crippen LogP contribution in [-0.2, 0) is 6.42 Å². The Morgan fingerprint density at radius 2 is 1.57 bits per heavy atom. The molecule has 0 aliphatic heterocycles. The van der Waals surface area contributed by atoms with E-state index in [1.54, 1.807) is 14.2 Å². The van der Waals surface area contributed by atoms with Gasteiger partial charge in [0.05, 0.1) is 14.2 Å². The monoisotopic (exact) mass is 396 g/mol. The fourth-order valence-electron chi connectivity index (χ4n) is 3.32. The van der Waals surface area contributed by atoms with E-state index in [2.05, 4.69) is 58.1 Å². The van der Waals surface area contributed by atoms with Crippen LogP contribution in [0, 0.1) is 0 Å². The highest BCUT2D eigenvalue weighted by molar-refractivity contribution is 6.74. The summed E-state index contributed by atoms with van der Waals surface area (Å²) in [6.45, 7) is 11.4. The van der Waals surface area contributed by atoms with Crippen LogP contribution in [0.25, 0.3) is 11.6 Å². The second-order valence-corrected chi connectivity index (χ2v) is 13.7. The minimum atomic E-state index is -1.91. The molecule has 0 atom stereocenters. The van der Waals surface area contributed by atoms with Gasteiger partial charge in [0.1, 0.15) is 17.2 Å². The Balaban J connectivity index is 2.03. The summed E-state index contributed by atoms with van der Waals surface area (Å²) in [5.41, 5.74) is 5.05. The van der Waals surface area contributed by atoms with Crippen LogP contribution >= 0.6 is 0 Å². The fraction of sp³-hybridized carbons (Fsp3) is 0.417. The van der Waals surface area contributed by atoms with Crippen molar-refractivity contribution in [3.63, 3.8) is 0 Å². The molecular formula is C24H32O3Si. The van der Waals surface area contributed by atoms with Gasteiger partial charge in [0.25, 0.3) is 8.32 Å². The van der Waals surface area contributed by atoms with Gasteiger partial charge in [-0.15, -0.1) is 0 Å². The number of benzene rings is 2. The van der Waals surface area contributed by atoms with Gasteiger partial charge in [0, 0.05) is 11.6 Å². The van der Waals surface area contributed by atoms with E-state index in [0.29, 0.717) is 0 Å². The third kappa shape index (κ3) is 4.12. The Bertz CT molecular complexity index is 869. The molecule has 0 spiro atoms. The van der Waals surface area contributed by atoms with E-state index in [0.717, 1.165) is 35.7 Å². The number of fused-ring (bicyclic) bond motifs is 1. The van der Waals surface area contributed by atoms with Crippen LogP contribution in [-0.4, -0.2) is 22.5 Å². The summed E-state index contributed by atoms with van der Waals surface area (Å²) in [7, 11) is 1.46. The van der Waals surface area contributed by atoms with Gasteiger partial charge >= 0.3 is 0 Å². The molecule has 3 nitrogen and oxygen atoms in total. The molecule has 0 N–H and O–H groups in total. The van der Waals surface area contributed by atoms with E-state index >= 15 is 0 Å². The summed E-state index contributed by atoms with van der Waals surface area (Å²) in [5, 5.41) is 0.165. The first-order valence-corrected chi connectivity index (χ1v) is 12.8. The summed E-state index contributed by atoms with van der Waals surface area (Å²) in [6.07, 6.45) is 4.32. The number of rotatable bonds is 5. The van der Waals surface area contributed by atoms with E-state index in [9.17, 15) is 0 Å². The van der Waals surface area contributed by atoms with Crippen molar-refractivity contribution in [2.24, 2.45) is 0 Å². The lowest BCUT2D eigenvalue weighted by atomic mass is 10.0. The number of methoxy groups -OCH3 is 2. The van der Waals surface area contributed by atoms with Crippen LogP contribution in [0.2, 0.25) is 18.1 Å². The van der Waals surface area contributed by atoms with Gasteiger partial charge in [0.2, 0.25) is 0 Å². The first kappa shape index (κ1) is 20.5. The third-order valence-corrected chi connectivity index (χ3v) is 10.3. The second kappa shape index (κ2) is 7.67. The van der Waals surface area contributed by atoms with Crippen molar-refractivity contribution in [3.8, 4) is 17.2 Å². The standard InChI is InChI=1S/C24H32O3Si/c1-24(2,3)28(6,7)27-22-10-8-9-18-11-12-19(23(18)22)13-17-14-20(25-4)16-21(15-17)26-5/h8-10,13-16H,11-12H2,1-7H3. The van der Waals surface area contributed by atoms with Crippen molar-refractivity contribution in [1.29, 1.82) is 0 Å². The lowest BCUT2D eigenvalue weighted by molar-refractivity contribution is 0.394. The molecule has 2 aromatic carbocycles. The molecule has 1 aliphatic carbocycles. The van der Waals surface area contributed by atoms with Crippen LogP contribution in [0.5, 0.6) is 17.2 Å². The molecule has 0 aromatic heterocycles.